The highest BCUT2D eigenvalue weighted by Gasteiger charge is 2.17. The number of halogens is 2. The molecule has 0 bridgehead atoms. The molecule has 0 spiro atoms. The summed E-state index contributed by atoms with van der Waals surface area (Å²) in [6, 6.07) is 23.6. The Morgan fingerprint density at radius 3 is 2.36 bits per heavy atom. The molecule has 8 nitrogen and oxygen atoms in total. The fourth-order valence-corrected chi connectivity index (χ4v) is 5.78. The molecule has 1 aliphatic carbocycles. The predicted molar refractivity (Wildman–Crippen MR) is 185 cm³/mol. The van der Waals surface area contributed by atoms with Gasteiger partial charge in [-0.15, -0.1) is 24.8 Å². The van der Waals surface area contributed by atoms with E-state index in [1.807, 2.05) is 42.5 Å². The molecule has 240 valence electrons. The van der Waals surface area contributed by atoms with Crippen LogP contribution in [0.2, 0.25) is 0 Å². The number of nitrogens with one attached hydrogen (secondary N) is 2. The van der Waals surface area contributed by atoms with E-state index in [0.29, 0.717) is 23.7 Å². The second kappa shape index (κ2) is 17.6. The summed E-state index contributed by atoms with van der Waals surface area (Å²) in [6.45, 7) is 1.49. The summed E-state index contributed by atoms with van der Waals surface area (Å²) in [4.78, 5) is 30.1. The van der Waals surface area contributed by atoms with Gasteiger partial charge in [-0.3, -0.25) is 15.0 Å². The molecule has 0 radical (unpaired) electrons. The lowest BCUT2D eigenvalue weighted by Crippen LogP contribution is -2.27. The molecule has 4 aromatic rings. The number of nitrogens with zero attached hydrogens (tertiary/aromatic N) is 2. The largest absolute Gasteiger partial charge is 0.465 e. The van der Waals surface area contributed by atoms with Gasteiger partial charge in [0.25, 0.3) is 5.91 Å². The number of hydrogen-bond acceptors (Lipinski definition) is 5. The highest BCUT2D eigenvalue weighted by molar-refractivity contribution is 5.98. The Bertz CT molecular complexity index is 1550. The lowest BCUT2D eigenvalue weighted by molar-refractivity contribution is -0.145. The number of fused-ring (bicyclic) bond motifs is 1. The lowest BCUT2D eigenvalue weighted by atomic mass is 9.90. The molecule has 1 aliphatic rings. The van der Waals surface area contributed by atoms with Crippen LogP contribution in [0.3, 0.4) is 0 Å². The highest BCUT2D eigenvalue weighted by atomic mass is 35.5. The Kier molecular flexibility index (Phi) is 13.9. The van der Waals surface area contributed by atoms with Crippen molar-refractivity contribution in [3.05, 3.63) is 89.5 Å². The monoisotopic (exact) mass is 651 g/mol. The molecule has 0 aliphatic heterocycles. The summed E-state index contributed by atoms with van der Waals surface area (Å²) in [5, 5.41) is 10.6. The molecule has 45 heavy (non-hydrogen) atoms. The summed E-state index contributed by atoms with van der Waals surface area (Å²) in [7, 11) is 0. The van der Waals surface area contributed by atoms with Crippen molar-refractivity contribution in [3.8, 4) is 11.4 Å². The number of hydrogen-bond donors (Lipinski definition) is 3. The number of nitrogens with two attached hydrogens (primary N) is 1. The van der Waals surface area contributed by atoms with E-state index in [-0.39, 0.29) is 55.5 Å². The number of rotatable bonds is 13. The Morgan fingerprint density at radius 2 is 1.64 bits per heavy atom. The number of nitrogen functional groups attached to an aromatic ring is 1. The molecule has 0 atom stereocenters. The number of amidine groups is 1. The molecule has 1 saturated carbocycles. The molecular weight excluding hydrogens is 609 g/mol. The maximum Gasteiger partial charge on any atom is 0.307 e. The van der Waals surface area contributed by atoms with Gasteiger partial charge in [0.1, 0.15) is 11.7 Å². The quantitative estimate of drug-likeness (QED) is 0.0616. The molecule has 3 aromatic carbocycles. The molecule has 1 amide bonds. The van der Waals surface area contributed by atoms with Crippen LogP contribution in [0.15, 0.2) is 72.8 Å². The average Bonchev–Trinajstić information content (AvgIpc) is 3.40. The average molecular weight is 653 g/mol. The van der Waals surface area contributed by atoms with Gasteiger partial charge in [0.2, 0.25) is 0 Å². The van der Waals surface area contributed by atoms with Crippen LogP contribution in [0.25, 0.3) is 22.4 Å². The number of amides is 1. The van der Waals surface area contributed by atoms with Gasteiger partial charge in [-0.05, 0) is 61.8 Å². The number of unbranched alkanes of at least 4 members (excludes halogenated alkanes) is 1. The first-order chi connectivity index (χ1) is 21.0. The molecule has 1 heterocycles. The van der Waals surface area contributed by atoms with Crippen molar-refractivity contribution in [2.75, 3.05) is 13.2 Å². The summed E-state index contributed by atoms with van der Waals surface area (Å²) >= 11 is 0. The Morgan fingerprint density at radius 1 is 0.933 bits per heavy atom. The van der Waals surface area contributed by atoms with Gasteiger partial charge in [-0.25, -0.2) is 4.98 Å². The van der Waals surface area contributed by atoms with Crippen molar-refractivity contribution in [1.82, 2.24) is 14.9 Å². The van der Waals surface area contributed by atoms with Crippen LogP contribution >= 0.6 is 24.8 Å². The van der Waals surface area contributed by atoms with Crippen molar-refractivity contribution in [2.45, 2.75) is 64.3 Å². The van der Waals surface area contributed by atoms with Crippen LogP contribution in [0.5, 0.6) is 0 Å². The third-order valence-corrected chi connectivity index (χ3v) is 8.22. The normalized spacial score (nSPS) is 13.0. The number of carbonyl (C=O) groups is 2. The molecule has 4 N–H and O–H groups in total. The van der Waals surface area contributed by atoms with E-state index in [4.69, 9.17) is 20.9 Å². The zero-order valence-electron chi connectivity index (χ0n) is 25.5. The number of benzene rings is 3. The zero-order valence-corrected chi connectivity index (χ0v) is 27.1. The van der Waals surface area contributed by atoms with Crippen LogP contribution in [-0.4, -0.2) is 40.4 Å². The van der Waals surface area contributed by atoms with E-state index in [9.17, 15) is 9.59 Å². The maximum absolute atomic E-state index is 13.0. The van der Waals surface area contributed by atoms with E-state index in [1.54, 1.807) is 6.07 Å². The third-order valence-electron chi connectivity index (χ3n) is 8.22. The van der Waals surface area contributed by atoms with Crippen LogP contribution in [0, 0.1) is 11.3 Å². The minimum atomic E-state index is -0.271. The van der Waals surface area contributed by atoms with Gasteiger partial charge in [-0.1, -0.05) is 73.9 Å². The summed E-state index contributed by atoms with van der Waals surface area (Å²) in [5.74, 6) is 0.788. The van der Waals surface area contributed by atoms with E-state index < -0.39 is 0 Å². The SMILES string of the molecule is Cl.Cl.N=C(N)c1ccc(-c2nc3cc(C(=O)NCCC(=O)OCC4CCCCC4)ccc3n2CCCCc2ccccc2)cc1. The standard InChI is InChI=1S/C35H41N5O3.2ClH/c36-33(37)27-14-16-28(17-15-27)34-39-30-23-29(35(42)38-21-20-32(41)43-24-26-12-5-2-6-13-26)18-19-31(30)40(34)22-8-7-11-25-9-3-1-4-10-25;;/h1,3-4,9-10,14-19,23,26H,2,5-8,11-13,20-22,24H2,(H3,36,37)(H,38,42);2*1H. The van der Waals surface area contributed by atoms with Crippen molar-refractivity contribution in [1.29, 1.82) is 5.41 Å². The number of imidazole rings is 1. The Labute approximate surface area is 277 Å². The maximum atomic E-state index is 13.0. The minimum absolute atomic E-state index is 0. The van der Waals surface area contributed by atoms with Crippen molar-refractivity contribution in [3.63, 3.8) is 0 Å². The Hall–Kier alpha value is -3.88. The van der Waals surface area contributed by atoms with Crippen molar-refractivity contribution in [2.24, 2.45) is 11.7 Å². The molecule has 0 saturated heterocycles. The first kappa shape index (κ1) is 35.6. The van der Waals surface area contributed by atoms with Gasteiger partial charge in [-0.2, -0.15) is 0 Å². The first-order valence-electron chi connectivity index (χ1n) is 15.4. The third kappa shape index (κ3) is 9.80. The summed E-state index contributed by atoms with van der Waals surface area (Å²) < 4.78 is 7.65. The van der Waals surface area contributed by atoms with Gasteiger partial charge < -0.3 is 20.4 Å². The minimum Gasteiger partial charge on any atom is -0.465 e. The topological polar surface area (TPSA) is 123 Å². The number of aromatic nitrogens is 2. The predicted octanol–water partition coefficient (Wildman–Crippen LogP) is 7.10. The highest BCUT2D eigenvalue weighted by Crippen LogP contribution is 2.27. The first-order valence-corrected chi connectivity index (χ1v) is 15.4. The second-order valence-electron chi connectivity index (χ2n) is 11.4. The van der Waals surface area contributed by atoms with Crippen LogP contribution in [0.1, 0.15) is 72.9 Å². The van der Waals surface area contributed by atoms with Crippen LogP contribution in [-0.2, 0) is 22.5 Å². The molecule has 1 aromatic heterocycles. The lowest BCUT2D eigenvalue weighted by Gasteiger charge is -2.21. The molecule has 5 rings (SSSR count). The van der Waals surface area contributed by atoms with Gasteiger partial charge >= 0.3 is 5.97 Å². The van der Waals surface area contributed by atoms with Gasteiger partial charge in [0.05, 0.1) is 24.1 Å². The molecule has 1 fully saturated rings. The number of ether oxygens (including phenoxy) is 1. The fraction of sp³-hybridized carbons (Fsp3) is 0.371. The van der Waals surface area contributed by atoms with E-state index in [0.717, 1.165) is 61.1 Å². The van der Waals surface area contributed by atoms with Crippen molar-refractivity contribution < 1.29 is 14.3 Å². The zero-order chi connectivity index (χ0) is 30.0. The van der Waals surface area contributed by atoms with E-state index >= 15 is 0 Å². The molecule has 10 heteroatoms. The number of esters is 1. The summed E-state index contributed by atoms with van der Waals surface area (Å²) in [6.07, 6.45) is 9.11. The number of aryl methyl sites for hydroxylation is 2. The number of carbonyl (C=O) groups excluding carboxylic acids is 2. The Balaban J connectivity index is 0.00000276. The van der Waals surface area contributed by atoms with Gasteiger partial charge in [0.15, 0.2) is 0 Å². The second-order valence-corrected chi connectivity index (χ2v) is 11.4. The van der Waals surface area contributed by atoms with Gasteiger partial charge in [0, 0.05) is 29.8 Å². The van der Waals surface area contributed by atoms with Crippen molar-refractivity contribution >= 4 is 53.6 Å². The molecule has 0 unspecified atom stereocenters. The summed E-state index contributed by atoms with van der Waals surface area (Å²) in [5.41, 5.74) is 10.7. The van der Waals surface area contributed by atoms with E-state index in [2.05, 4.69) is 34.1 Å². The van der Waals surface area contributed by atoms with E-state index in [1.165, 1.54) is 24.8 Å². The smallest absolute Gasteiger partial charge is 0.307 e. The van der Waals surface area contributed by atoms with Crippen LogP contribution < -0.4 is 11.1 Å². The molecular formula is C35H43Cl2N5O3. The van der Waals surface area contributed by atoms with Crippen LogP contribution in [0.4, 0.5) is 0 Å². The fourth-order valence-electron chi connectivity index (χ4n) is 5.78.